The van der Waals surface area contributed by atoms with E-state index >= 15 is 0 Å². The summed E-state index contributed by atoms with van der Waals surface area (Å²) in [6, 6.07) is 18.9. The van der Waals surface area contributed by atoms with E-state index < -0.39 is 0 Å². The number of ketones is 1. The van der Waals surface area contributed by atoms with Crippen LogP contribution in [0.5, 0.6) is 0 Å². The van der Waals surface area contributed by atoms with Gasteiger partial charge in [0.15, 0.2) is 5.78 Å². The molecule has 1 saturated heterocycles. The van der Waals surface area contributed by atoms with Gasteiger partial charge in [0.2, 0.25) is 5.91 Å². The van der Waals surface area contributed by atoms with Crippen molar-refractivity contribution in [1.29, 1.82) is 0 Å². The molecule has 1 aliphatic rings. The number of carbonyl (C=O) groups is 3. The second kappa shape index (κ2) is 10.3. The van der Waals surface area contributed by atoms with E-state index in [2.05, 4.69) is 0 Å². The zero-order valence-electron chi connectivity index (χ0n) is 18.9. The highest BCUT2D eigenvalue weighted by atomic mass is 16.2. The number of rotatable bonds is 6. The summed E-state index contributed by atoms with van der Waals surface area (Å²) in [5, 5.41) is 0. The van der Waals surface area contributed by atoms with Gasteiger partial charge in [0.05, 0.1) is 0 Å². The fourth-order valence-corrected chi connectivity index (χ4v) is 4.10. The minimum absolute atomic E-state index is 0.0154. The summed E-state index contributed by atoms with van der Waals surface area (Å²) in [7, 11) is 0. The van der Waals surface area contributed by atoms with Gasteiger partial charge in [-0.05, 0) is 49.7 Å². The van der Waals surface area contributed by atoms with Crippen LogP contribution in [0.25, 0.3) is 5.69 Å². The topological polar surface area (TPSA) is 62.6 Å². The maximum Gasteiger partial charge on any atom is 0.253 e. The first-order chi connectivity index (χ1) is 16.0. The number of aryl methyl sites for hydroxylation is 1. The molecule has 0 radical (unpaired) electrons. The average Bonchev–Trinajstić information content (AvgIpc) is 3.27. The van der Waals surface area contributed by atoms with Gasteiger partial charge in [0, 0.05) is 68.2 Å². The Morgan fingerprint density at radius 3 is 2.03 bits per heavy atom. The van der Waals surface area contributed by atoms with Crippen LogP contribution in [0, 0.1) is 6.92 Å². The Bertz CT molecular complexity index is 1100. The van der Waals surface area contributed by atoms with Gasteiger partial charge in [-0.1, -0.05) is 29.8 Å². The molecule has 2 aromatic carbocycles. The molecule has 1 fully saturated rings. The Morgan fingerprint density at radius 1 is 0.727 bits per heavy atom. The predicted octanol–water partition coefficient (Wildman–Crippen LogP) is 4.12. The van der Waals surface area contributed by atoms with E-state index in [1.54, 1.807) is 4.90 Å². The molecule has 0 spiro atoms. The minimum Gasteiger partial charge on any atom is -0.341 e. The molecule has 0 aliphatic carbocycles. The van der Waals surface area contributed by atoms with Gasteiger partial charge in [0.25, 0.3) is 5.91 Å². The molecule has 170 valence electrons. The molecule has 33 heavy (non-hydrogen) atoms. The van der Waals surface area contributed by atoms with Gasteiger partial charge >= 0.3 is 0 Å². The molecule has 0 atom stereocenters. The van der Waals surface area contributed by atoms with Crippen molar-refractivity contribution in [3.63, 3.8) is 0 Å². The lowest BCUT2D eigenvalue weighted by atomic mass is 10.0. The third-order valence-electron chi connectivity index (χ3n) is 6.09. The normalized spacial score (nSPS) is 14.1. The summed E-state index contributed by atoms with van der Waals surface area (Å²) in [6.07, 6.45) is 5.05. The van der Waals surface area contributed by atoms with Crippen LogP contribution in [0.15, 0.2) is 73.1 Å². The molecule has 1 aliphatic heterocycles. The molecule has 6 nitrogen and oxygen atoms in total. The van der Waals surface area contributed by atoms with Crippen molar-refractivity contribution < 1.29 is 14.4 Å². The van der Waals surface area contributed by atoms with Crippen LogP contribution in [0.4, 0.5) is 0 Å². The minimum atomic E-state index is -0.0270. The van der Waals surface area contributed by atoms with Crippen LogP contribution >= 0.6 is 0 Å². The molecule has 2 heterocycles. The molecule has 0 unspecified atom stereocenters. The molecule has 1 aromatic heterocycles. The molecular weight excluding hydrogens is 414 g/mol. The van der Waals surface area contributed by atoms with Crippen molar-refractivity contribution in [1.82, 2.24) is 14.4 Å². The summed E-state index contributed by atoms with van der Waals surface area (Å²) >= 11 is 0. The first-order valence-electron chi connectivity index (χ1n) is 11.4. The number of nitrogens with zero attached hydrogens (tertiary/aromatic N) is 3. The second-order valence-corrected chi connectivity index (χ2v) is 8.45. The molecular formula is C27H29N3O3. The Hall–Kier alpha value is -3.67. The lowest BCUT2D eigenvalue weighted by Gasteiger charge is -2.22. The number of hydrogen-bond acceptors (Lipinski definition) is 3. The summed E-state index contributed by atoms with van der Waals surface area (Å²) in [5.41, 5.74) is 3.39. The highest BCUT2D eigenvalue weighted by Crippen LogP contribution is 2.15. The third-order valence-corrected chi connectivity index (χ3v) is 6.09. The standard InChI is InChI=1S/C27H29N3O3/c1-21-5-7-22(8-6-21)25(31)13-14-26(32)29-17-4-18-30(20-19-29)27(33)23-9-11-24(12-10-23)28-15-2-3-16-28/h2-3,5-12,15-16H,4,13-14,17-20H2,1H3. The maximum atomic E-state index is 13.0. The fraction of sp³-hybridized carbons (Fsp3) is 0.296. The molecule has 6 heteroatoms. The Balaban J connectivity index is 1.29. The summed E-state index contributed by atoms with van der Waals surface area (Å²) in [4.78, 5) is 41.7. The lowest BCUT2D eigenvalue weighted by molar-refractivity contribution is -0.131. The predicted molar refractivity (Wildman–Crippen MR) is 128 cm³/mol. The van der Waals surface area contributed by atoms with Crippen molar-refractivity contribution in [2.24, 2.45) is 0 Å². The number of amides is 2. The second-order valence-electron chi connectivity index (χ2n) is 8.45. The van der Waals surface area contributed by atoms with E-state index in [-0.39, 0.29) is 30.4 Å². The van der Waals surface area contributed by atoms with Crippen molar-refractivity contribution in [3.05, 3.63) is 89.7 Å². The van der Waals surface area contributed by atoms with Crippen LogP contribution in [0.1, 0.15) is 45.5 Å². The van der Waals surface area contributed by atoms with E-state index in [4.69, 9.17) is 0 Å². The summed E-state index contributed by atoms with van der Waals surface area (Å²) < 4.78 is 1.99. The first-order valence-corrected chi connectivity index (χ1v) is 11.4. The average molecular weight is 444 g/mol. The van der Waals surface area contributed by atoms with Crippen molar-refractivity contribution in [3.8, 4) is 5.69 Å². The Morgan fingerprint density at radius 2 is 1.33 bits per heavy atom. The number of aromatic nitrogens is 1. The van der Waals surface area contributed by atoms with Gasteiger partial charge in [0.1, 0.15) is 0 Å². The van der Waals surface area contributed by atoms with Crippen LogP contribution in [0.2, 0.25) is 0 Å². The quantitative estimate of drug-likeness (QED) is 0.539. The monoisotopic (exact) mass is 443 g/mol. The Labute approximate surface area is 194 Å². The van der Waals surface area contributed by atoms with Crippen molar-refractivity contribution in [2.45, 2.75) is 26.2 Å². The molecule has 2 amide bonds. The molecule has 0 bridgehead atoms. The van der Waals surface area contributed by atoms with E-state index in [0.717, 1.165) is 17.7 Å². The number of carbonyl (C=O) groups excluding carboxylic acids is 3. The number of Topliss-reactive ketones (excluding diaryl/α,β-unsaturated/α-hetero) is 1. The van der Waals surface area contributed by atoms with Crippen LogP contribution in [-0.2, 0) is 4.79 Å². The lowest BCUT2D eigenvalue weighted by Crippen LogP contribution is -2.37. The van der Waals surface area contributed by atoms with Crippen molar-refractivity contribution in [2.75, 3.05) is 26.2 Å². The van der Waals surface area contributed by atoms with E-state index in [0.29, 0.717) is 37.3 Å². The molecule has 3 aromatic rings. The zero-order valence-corrected chi connectivity index (χ0v) is 18.9. The third kappa shape index (κ3) is 5.58. The zero-order chi connectivity index (χ0) is 23.2. The SMILES string of the molecule is Cc1ccc(C(=O)CCC(=O)N2CCCN(C(=O)c3ccc(-n4cccc4)cc3)CC2)cc1. The van der Waals surface area contributed by atoms with Gasteiger partial charge < -0.3 is 14.4 Å². The highest BCUT2D eigenvalue weighted by molar-refractivity contribution is 5.98. The van der Waals surface area contributed by atoms with E-state index in [9.17, 15) is 14.4 Å². The highest BCUT2D eigenvalue weighted by Gasteiger charge is 2.23. The summed E-state index contributed by atoms with van der Waals surface area (Å²) in [6.45, 7) is 4.18. The summed E-state index contributed by atoms with van der Waals surface area (Å²) in [5.74, 6) is -0.0583. The fourth-order valence-electron chi connectivity index (χ4n) is 4.10. The van der Waals surface area contributed by atoms with Gasteiger partial charge in [-0.25, -0.2) is 0 Å². The molecule has 0 N–H and O–H groups in total. The van der Waals surface area contributed by atoms with Crippen LogP contribution in [0.3, 0.4) is 0 Å². The van der Waals surface area contributed by atoms with E-state index in [1.165, 1.54) is 0 Å². The molecule has 4 rings (SSSR count). The largest absolute Gasteiger partial charge is 0.341 e. The Kier molecular flexibility index (Phi) is 7.03. The van der Waals surface area contributed by atoms with Crippen LogP contribution in [-0.4, -0.2) is 58.1 Å². The van der Waals surface area contributed by atoms with E-state index in [1.807, 2.05) is 89.4 Å². The van der Waals surface area contributed by atoms with Crippen LogP contribution < -0.4 is 0 Å². The maximum absolute atomic E-state index is 13.0. The van der Waals surface area contributed by atoms with Gasteiger partial charge in [-0.15, -0.1) is 0 Å². The van der Waals surface area contributed by atoms with Gasteiger partial charge in [-0.2, -0.15) is 0 Å². The number of benzene rings is 2. The van der Waals surface area contributed by atoms with Gasteiger partial charge in [-0.3, -0.25) is 14.4 Å². The molecule has 0 saturated carbocycles. The number of hydrogen-bond donors (Lipinski definition) is 0. The first kappa shape index (κ1) is 22.5. The smallest absolute Gasteiger partial charge is 0.253 e. The van der Waals surface area contributed by atoms with Crippen molar-refractivity contribution >= 4 is 17.6 Å².